The number of hydrogen-bond donors (Lipinski definition) is 2. The van der Waals surface area contributed by atoms with Gasteiger partial charge >= 0.3 is 0 Å². The number of methoxy groups -OCH3 is 1. The molecule has 2 atom stereocenters. The second-order valence-electron chi connectivity index (χ2n) is 10.6. The first-order valence-electron chi connectivity index (χ1n) is 12.0. The molecule has 0 radical (unpaired) electrons. The van der Waals surface area contributed by atoms with Crippen LogP contribution in [0.1, 0.15) is 39.8 Å². The van der Waals surface area contributed by atoms with Crippen LogP contribution in [-0.2, 0) is 0 Å². The van der Waals surface area contributed by atoms with Crippen LogP contribution in [0.4, 0.5) is 4.39 Å². The molecule has 0 unspecified atom stereocenters. The van der Waals surface area contributed by atoms with Crippen LogP contribution in [0.3, 0.4) is 0 Å². The first kappa shape index (κ1) is 24.8. The molecule has 10 nitrogen and oxygen atoms in total. The van der Waals surface area contributed by atoms with Gasteiger partial charge in [0.2, 0.25) is 5.88 Å². The van der Waals surface area contributed by atoms with Crippen LogP contribution in [0, 0.1) is 6.92 Å². The van der Waals surface area contributed by atoms with Crippen LogP contribution in [-0.4, -0.2) is 65.3 Å². The molecule has 0 amide bonds. The monoisotopic (exact) mass is 507 g/mol. The molecule has 2 N–H and O–H groups in total. The number of piperidine rings is 1. The number of nitrogens with zero attached hydrogens (tertiary/aromatic N) is 6. The summed E-state index contributed by atoms with van der Waals surface area (Å²) in [6.07, 6.45) is 1.97. The lowest BCUT2D eigenvalue weighted by Crippen LogP contribution is -2.66. The van der Waals surface area contributed by atoms with Crippen molar-refractivity contribution in [2.24, 2.45) is 0 Å². The largest absolute Gasteiger partial charge is 0.506 e. The minimum absolute atomic E-state index is 0.0891. The number of pyridine rings is 1. The van der Waals surface area contributed by atoms with Gasteiger partial charge in [-0.15, -0.1) is 10.2 Å². The lowest BCUT2D eigenvalue weighted by molar-refractivity contribution is -0.0281. The molecule has 0 bridgehead atoms. The quantitative estimate of drug-likeness (QED) is 0.414. The summed E-state index contributed by atoms with van der Waals surface area (Å²) in [7, 11) is 1.56. The maximum atomic E-state index is 15.1. The Labute approximate surface area is 213 Å². The standard InChI is InChI=1S/C26H30FN7O3/c1-14-13-34-24(29-14)19(36-6)10-17(32-34)15-9-18(35)22(28-12-15)16-7-8-21(31-30-16)37-20-11-25(2,3)33-26(4,5)23(20)27/h7-10,12-13,20,23,33,35H,11H2,1-6H3/t20-,23-/m0/s1. The van der Waals surface area contributed by atoms with Crippen molar-refractivity contribution in [3.8, 4) is 40.0 Å². The van der Waals surface area contributed by atoms with Crippen molar-refractivity contribution in [2.45, 2.75) is 64.4 Å². The van der Waals surface area contributed by atoms with Crippen molar-refractivity contribution in [3.63, 3.8) is 0 Å². The van der Waals surface area contributed by atoms with E-state index in [1.54, 1.807) is 48.3 Å². The minimum Gasteiger partial charge on any atom is -0.506 e. The number of alkyl halides is 1. The van der Waals surface area contributed by atoms with Gasteiger partial charge in [0.25, 0.3) is 0 Å². The molecule has 1 saturated heterocycles. The molecule has 0 saturated carbocycles. The molecule has 5 heterocycles. The Morgan fingerprint density at radius 2 is 1.92 bits per heavy atom. The SMILES string of the molecule is COc1cc(-c2cnc(-c3ccc(O[C@H]4CC(C)(C)NC(C)(C)[C@H]4F)nn3)c(O)c2)nn2cc(C)nc12. The second kappa shape index (κ2) is 8.91. The zero-order chi connectivity index (χ0) is 26.5. The van der Waals surface area contributed by atoms with E-state index in [9.17, 15) is 5.11 Å². The zero-order valence-corrected chi connectivity index (χ0v) is 21.7. The number of imidazole rings is 1. The van der Waals surface area contributed by atoms with Crippen LogP contribution in [0.25, 0.3) is 28.3 Å². The summed E-state index contributed by atoms with van der Waals surface area (Å²) < 4.78 is 28.1. The summed E-state index contributed by atoms with van der Waals surface area (Å²) in [4.78, 5) is 8.81. The molecule has 4 aromatic rings. The van der Waals surface area contributed by atoms with Gasteiger partial charge in [0.15, 0.2) is 17.6 Å². The molecular weight excluding hydrogens is 477 g/mol. The van der Waals surface area contributed by atoms with Gasteiger partial charge in [-0.3, -0.25) is 0 Å². The molecule has 11 heteroatoms. The van der Waals surface area contributed by atoms with Gasteiger partial charge < -0.3 is 19.9 Å². The van der Waals surface area contributed by atoms with Crippen LogP contribution >= 0.6 is 0 Å². The number of hydrogen-bond acceptors (Lipinski definition) is 9. The number of nitrogens with one attached hydrogen (secondary N) is 1. The summed E-state index contributed by atoms with van der Waals surface area (Å²) in [6.45, 7) is 9.55. The summed E-state index contributed by atoms with van der Waals surface area (Å²) in [5.74, 6) is 0.675. The Morgan fingerprint density at radius 3 is 2.59 bits per heavy atom. The third kappa shape index (κ3) is 4.78. The molecule has 5 rings (SSSR count). The van der Waals surface area contributed by atoms with Gasteiger partial charge in [-0.25, -0.2) is 18.9 Å². The van der Waals surface area contributed by atoms with Gasteiger partial charge in [0.05, 0.1) is 24.7 Å². The van der Waals surface area contributed by atoms with E-state index in [1.807, 2.05) is 34.6 Å². The number of fused-ring (bicyclic) bond motifs is 1. The van der Waals surface area contributed by atoms with Gasteiger partial charge in [-0.1, -0.05) is 0 Å². The summed E-state index contributed by atoms with van der Waals surface area (Å²) >= 11 is 0. The second-order valence-corrected chi connectivity index (χ2v) is 10.6. The third-order valence-corrected chi connectivity index (χ3v) is 6.44. The third-order valence-electron chi connectivity index (χ3n) is 6.44. The Bertz CT molecular complexity index is 1450. The molecule has 0 aliphatic carbocycles. The lowest BCUT2D eigenvalue weighted by atomic mass is 9.79. The highest BCUT2D eigenvalue weighted by Crippen LogP contribution is 2.34. The highest BCUT2D eigenvalue weighted by Gasteiger charge is 2.47. The minimum atomic E-state index is -1.22. The van der Waals surface area contributed by atoms with Crippen molar-refractivity contribution in [1.29, 1.82) is 0 Å². The molecule has 0 aromatic carbocycles. The number of aromatic hydroxyl groups is 1. The molecule has 1 fully saturated rings. The van der Waals surface area contributed by atoms with Gasteiger partial charge in [0, 0.05) is 41.4 Å². The van der Waals surface area contributed by atoms with Crippen molar-refractivity contribution in [1.82, 2.24) is 35.1 Å². The topological polar surface area (TPSA) is 120 Å². The summed E-state index contributed by atoms with van der Waals surface area (Å²) in [5, 5.41) is 26.9. The maximum Gasteiger partial charge on any atom is 0.233 e. The number of halogens is 1. The van der Waals surface area contributed by atoms with Crippen LogP contribution in [0.5, 0.6) is 17.4 Å². The smallest absolute Gasteiger partial charge is 0.233 e. The van der Waals surface area contributed by atoms with E-state index in [4.69, 9.17) is 9.47 Å². The molecule has 1 aliphatic heterocycles. The van der Waals surface area contributed by atoms with Crippen LogP contribution < -0.4 is 14.8 Å². The van der Waals surface area contributed by atoms with Gasteiger partial charge in [-0.2, -0.15) is 5.10 Å². The summed E-state index contributed by atoms with van der Waals surface area (Å²) in [5.41, 5.74) is 2.13. The fourth-order valence-electron chi connectivity index (χ4n) is 4.97. The average molecular weight is 508 g/mol. The Balaban J connectivity index is 1.38. The van der Waals surface area contributed by atoms with E-state index in [1.165, 1.54) is 0 Å². The molecule has 4 aromatic heterocycles. The van der Waals surface area contributed by atoms with Gasteiger partial charge in [0.1, 0.15) is 23.2 Å². The number of ether oxygens (including phenoxy) is 2. The predicted octanol–water partition coefficient (Wildman–Crippen LogP) is 3.91. The van der Waals surface area contributed by atoms with Crippen LogP contribution in [0.15, 0.2) is 36.7 Å². The first-order valence-corrected chi connectivity index (χ1v) is 12.0. The Hall–Kier alpha value is -3.86. The molecule has 194 valence electrons. The van der Waals surface area contributed by atoms with E-state index in [2.05, 4.69) is 30.6 Å². The zero-order valence-electron chi connectivity index (χ0n) is 21.7. The van der Waals surface area contributed by atoms with Crippen molar-refractivity contribution in [3.05, 3.63) is 42.4 Å². The Kier molecular flexibility index (Phi) is 5.98. The fraction of sp³-hybridized carbons (Fsp3) is 0.423. The molecule has 37 heavy (non-hydrogen) atoms. The molecule has 0 spiro atoms. The predicted molar refractivity (Wildman–Crippen MR) is 135 cm³/mol. The molecule has 1 aliphatic rings. The number of aromatic nitrogens is 6. The lowest BCUT2D eigenvalue weighted by Gasteiger charge is -2.48. The van der Waals surface area contributed by atoms with Crippen molar-refractivity contribution < 1.29 is 19.0 Å². The number of rotatable bonds is 5. The maximum absolute atomic E-state index is 15.1. The van der Waals surface area contributed by atoms with E-state index in [-0.39, 0.29) is 22.9 Å². The van der Waals surface area contributed by atoms with Gasteiger partial charge in [-0.05, 0) is 46.8 Å². The highest BCUT2D eigenvalue weighted by molar-refractivity contribution is 5.70. The average Bonchev–Trinajstić information content (AvgIpc) is 3.21. The normalized spacial score (nSPS) is 20.6. The van der Waals surface area contributed by atoms with Crippen molar-refractivity contribution in [2.75, 3.05) is 7.11 Å². The molecular formula is C26H30FN7O3. The van der Waals surface area contributed by atoms with E-state index in [0.29, 0.717) is 34.8 Å². The Morgan fingerprint density at radius 1 is 1.14 bits per heavy atom. The van der Waals surface area contributed by atoms with E-state index >= 15 is 4.39 Å². The number of aryl methyl sites for hydroxylation is 1. The van der Waals surface area contributed by atoms with Crippen LogP contribution in [0.2, 0.25) is 0 Å². The fourth-order valence-corrected chi connectivity index (χ4v) is 4.97. The van der Waals surface area contributed by atoms with Crippen molar-refractivity contribution >= 4 is 5.65 Å². The highest BCUT2D eigenvalue weighted by atomic mass is 19.1. The summed E-state index contributed by atoms with van der Waals surface area (Å²) in [6, 6.07) is 6.54. The van der Waals surface area contributed by atoms with E-state index in [0.717, 1.165) is 5.69 Å². The first-order chi connectivity index (χ1) is 17.5. The van der Waals surface area contributed by atoms with E-state index < -0.39 is 17.8 Å².